The van der Waals surface area contributed by atoms with E-state index >= 15 is 0 Å². The van der Waals surface area contributed by atoms with Crippen molar-refractivity contribution in [2.75, 3.05) is 46.3 Å². The van der Waals surface area contributed by atoms with Gasteiger partial charge in [-0.3, -0.25) is 4.90 Å². The van der Waals surface area contributed by atoms with E-state index in [1.807, 2.05) is 11.3 Å². The van der Waals surface area contributed by atoms with Crippen LogP contribution in [-0.4, -0.2) is 61.0 Å². The summed E-state index contributed by atoms with van der Waals surface area (Å²) in [5, 5.41) is 2.37. The second-order valence-electron chi connectivity index (χ2n) is 7.15. The fourth-order valence-corrected chi connectivity index (χ4v) is 4.87. The van der Waals surface area contributed by atoms with E-state index < -0.39 is 0 Å². The Morgan fingerprint density at radius 3 is 2.77 bits per heavy atom. The zero-order valence-corrected chi connectivity index (χ0v) is 15.1. The molecule has 0 N–H and O–H groups in total. The third-order valence-electron chi connectivity index (χ3n) is 5.13. The van der Waals surface area contributed by atoms with Gasteiger partial charge in [0.25, 0.3) is 0 Å². The van der Waals surface area contributed by atoms with Crippen LogP contribution in [0.1, 0.15) is 36.6 Å². The summed E-state index contributed by atoms with van der Waals surface area (Å²) in [6.07, 6.45) is 4.15. The van der Waals surface area contributed by atoms with Gasteiger partial charge in [-0.15, -0.1) is 11.3 Å². The van der Waals surface area contributed by atoms with Crippen LogP contribution >= 0.6 is 11.3 Å². The van der Waals surface area contributed by atoms with Crippen LogP contribution in [0.4, 0.5) is 0 Å². The number of rotatable bonds is 7. The fraction of sp³-hybridized carbons (Fsp3) is 0.778. The molecule has 0 aliphatic carbocycles. The van der Waals surface area contributed by atoms with Crippen molar-refractivity contribution in [3.63, 3.8) is 0 Å². The lowest BCUT2D eigenvalue weighted by molar-refractivity contribution is 0.262. The molecule has 0 aromatic carbocycles. The second-order valence-corrected chi connectivity index (χ2v) is 8.14. The van der Waals surface area contributed by atoms with Gasteiger partial charge in [-0.25, -0.2) is 0 Å². The molecule has 0 saturated carbocycles. The van der Waals surface area contributed by atoms with Gasteiger partial charge in [0, 0.05) is 31.1 Å². The lowest BCUT2D eigenvalue weighted by atomic mass is 10.1. The van der Waals surface area contributed by atoms with Crippen LogP contribution in [-0.2, 0) is 13.1 Å². The molecule has 1 atom stereocenters. The number of hydrogen-bond acceptors (Lipinski definition) is 4. The highest BCUT2D eigenvalue weighted by Gasteiger charge is 2.22. The van der Waals surface area contributed by atoms with E-state index in [1.54, 1.807) is 0 Å². The van der Waals surface area contributed by atoms with Crippen molar-refractivity contribution in [2.24, 2.45) is 5.92 Å². The first-order valence-electron chi connectivity index (χ1n) is 8.92. The third kappa shape index (κ3) is 4.54. The zero-order valence-electron chi connectivity index (χ0n) is 14.3. The van der Waals surface area contributed by atoms with E-state index in [1.165, 1.54) is 69.0 Å². The Kier molecular flexibility index (Phi) is 5.91. The normalized spacial score (nSPS) is 23.9. The van der Waals surface area contributed by atoms with Crippen LogP contribution in [0, 0.1) is 5.92 Å². The Morgan fingerprint density at radius 1 is 1.23 bits per heavy atom. The van der Waals surface area contributed by atoms with E-state index in [4.69, 9.17) is 0 Å². The Hall–Kier alpha value is -0.420. The third-order valence-corrected chi connectivity index (χ3v) is 6.10. The fourth-order valence-electron chi connectivity index (χ4n) is 3.91. The number of likely N-dealkylation sites (tertiary alicyclic amines) is 2. The van der Waals surface area contributed by atoms with Gasteiger partial charge in [-0.2, -0.15) is 0 Å². The van der Waals surface area contributed by atoms with Crippen molar-refractivity contribution < 1.29 is 0 Å². The maximum Gasteiger partial charge on any atom is 0.0325 e. The van der Waals surface area contributed by atoms with E-state index in [0.717, 1.165) is 19.0 Å². The molecule has 0 bridgehead atoms. The monoisotopic (exact) mass is 321 g/mol. The molecule has 3 nitrogen and oxygen atoms in total. The summed E-state index contributed by atoms with van der Waals surface area (Å²) < 4.78 is 0. The molecule has 2 aliphatic rings. The summed E-state index contributed by atoms with van der Waals surface area (Å²) >= 11 is 1.95. The average molecular weight is 322 g/mol. The summed E-state index contributed by atoms with van der Waals surface area (Å²) in [5.74, 6) is 0.869. The van der Waals surface area contributed by atoms with Crippen LogP contribution in [0.25, 0.3) is 0 Å². The molecule has 0 radical (unpaired) electrons. The molecule has 22 heavy (non-hydrogen) atoms. The standard InChI is InChI=1S/C18H31N3S/c1-3-20-9-6-16(12-20)11-19(2)14-18-10-17(15-22-18)13-21-7-4-5-8-21/h10,15-16H,3-9,11-14H2,1-2H3. The summed E-state index contributed by atoms with van der Waals surface area (Å²) in [5.41, 5.74) is 1.52. The molecular formula is C18H31N3S. The van der Waals surface area contributed by atoms with Gasteiger partial charge in [0.05, 0.1) is 0 Å². The first-order chi connectivity index (χ1) is 10.7. The molecule has 2 fully saturated rings. The Labute approximate surface area is 139 Å². The van der Waals surface area contributed by atoms with E-state index in [0.29, 0.717) is 0 Å². The Morgan fingerprint density at radius 2 is 2.05 bits per heavy atom. The molecule has 3 heterocycles. The molecule has 2 aliphatic heterocycles. The minimum absolute atomic E-state index is 0.869. The predicted molar refractivity (Wildman–Crippen MR) is 95.4 cm³/mol. The maximum atomic E-state index is 2.59. The minimum atomic E-state index is 0.869. The van der Waals surface area contributed by atoms with E-state index in [9.17, 15) is 0 Å². The van der Waals surface area contributed by atoms with Crippen molar-refractivity contribution >= 4 is 11.3 Å². The molecule has 1 aromatic heterocycles. The maximum absolute atomic E-state index is 2.59. The van der Waals surface area contributed by atoms with Crippen LogP contribution in [0.2, 0.25) is 0 Å². The molecule has 3 rings (SSSR count). The molecule has 1 unspecified atom stereocenters. The summed E-state index contributed by atoms with van der Waals surface area (Å²) in [7, 11) is 2.29. The first kappa shape index (κ1) is 16.4. The summed E-state index contributed by atoms with van der Waals surface area (Å²) in [6, 6.07) is 2.44. The number of hydrogen-bond donors (Lipinski definition) is 0. The topological polar surface area (TPSA) is 9.72 Å². The van der Waals surface area contributed by atoms with Gasteiger partial charge in [-0.1, -0.05) is 6.92 Å². The summed E-state index contributed by atoms with van der Waals surface area (Å²) in [6.45, 7) is 12.2. The highest BCUT2D eigenvalue weighted by atomic mass is 32.1. The SMILES string of the molecule is CCN1CCC(CN(C)Cc2cc(CN3CCCC3)cs2)C1. The first-order valence-corrected chi connectivity index (χ1v) is 9.80. The molecule has 4 heteroatoms. The number of thiophene rings is 1. The van der Waals surface area contributed by atoms with Crippen LogP contribution < -0.4 is 0 Å². The molecule has 124 valence electrons. The van der Waals surface area contributed by atoms with Crippen molar-refractivity contribution in [3.05, 3.63) is 21.9 Å². The van der Waals surface area contributed by atoms with Crippen LogP contribution in [0.15, 0.2) is 11.4 Å². The molecule has 0 amide bonds. The van der Waals surface area contributed by atoms with Crippen LogP contribution in [0.3, 0.4) is 0 Å². The predicted octanol–water partition coefficient (Wildman–Crippen LogP) is 3.12. The average Bonchev–Trinajstić information content (AvgIpc) is 3.22. The summed E-state index contributed by atoms with van der Waals surface area (Å²) in [4.78, 5) is 9.22. The quantitative estimate of drug-likeness (QED) is 0.764. The van der Waals surface area contributed by atoms with Gasteiger partial charge in [0.15, 0.2) is 0 Å². The van der Waals surface area contributed by atoms with E-state index in [2.05, 4.69) is 40.1 Å². The Balaban J connectivity index is 1.43. The van der Waals surface area contributed by atoms with Gasteiger partial charge in [0.1, 0.15) is 0 Å². The smallest absolute Gasteiger partial charge is 0.0325 e. The van der Waals surface area contributed by atoms with Gasteiger partial charge < -0.3 is 9.80 Å². The highest BCUT2D eigenvalue weighted by Crippen LogP contribution is 2.22. The molecule has 0 spiro atoms. The van der Waals surface area contributed by atoms with Gasteiger partial charge in [-0.05, 0) is 75.4 Å². The number of nitrogens with zero attached hydrogens (tertiary/aromatic N) is 3. The van der Waals surface area contributed by atoms with Crippen molar-refractivity contribution in [1.82, 2.24) is 14.7 Å². The van der Waals surface area contributed by atoms with E-state index in [-0.39, 0.29) is 0 Å². The second kappa shape index (κ2) is 7.91. The lowest BCUT2D eigenvalue weighted by Crippen LogP contribution is -2.27. The molecule has 2 saturated heterocycles. The van der Waals surface area contributed by atoms with Crippen molar-refractivity contribution in [3.8, 4) is 0 Å². The van der Waals surface area contributed by atoms with Crippen molar-refractivity contribution in [2.45, 2.75) is 39.3 Å². The highest BCUT2D eigenvalue weighted by molar-refractivity contribution is 7.10. The Bertz CT molecular complexity index is 453. The minimum Gasteiger partial charge on any atom is -0.303 e. The zero-order chi connectivity index (χ0) is 15.4. The molecular weight excluding hydrogens is 290 g/mol. The molecule has 1 aromatic rings. The lowest BCUT2D eigenvalue weighted by Gasteiger charge is -2.20. The van der Waals surface area contributed by atoms with Gasteiger partial charge >= 0.3 is 0 Å². The van der Waals surface area contributed by atoms with Gasteiger partial charge in [0.2, 0.25) is 0 Å². The van der Waals surface area contributed by atoms with Crippen molar-refractivity contribution in [1.29, 1.82) is 0 Å². The largest absolute Gasteiger partial charge is 0.303 e. The van der Waals surface area contributed by atoms with Crippen LogP contribution in [0.5, 0.6) is 0 Å².